The lowest BCUT2D eigenvalue weighted by atomic mass is 10.1. The Bertz CT molecular complexity index is 634. The van der Waals surface area contributed by atoms with Crippen molar-refractivity contribution >= 4 is 49.4 Å². The molecule has 1 aromatic carbocycles. The highest BCUT2D eigenvalue weighted by Gasteiger charge is 2.15. The highest BCUT2D eigenvalue weighted by Crippen LogP contribution is 2.34. The second-order valence-corrected chi connectivity index (χ2v) is 6.23. The zero-order valence-electron chi connectivity index (χ0n) is 9.65. The van der Waals surface area contributed by atoms with E-state index in [1.54, 1.807) is 6.07 Å². The van der Waals surface area contributed by atoms with Gasteiger partial charge in [-0.1, -0.05) is 25.1 Å². The van der Waals surface area contributed by atoms with E-state index in [0.29, 0.717) is 10.9 Å². The van der Waals surface area contributed by atoms with Gasteiger partial charge in [0, 0.05) is 17.4 Å². The van der Waals surface area contributed by atoms with E-state index < -0.39 is 10.3 Å². The third kappa shape index (κ3) is 4.34. The Balaban J connectivity index is 0.00000200. The second-order valence-electron chi connectivity index (χ2n) is 3.91. The zero-order valence-corrected chi connectivity index (χ0v) is 12.8. The molecule has 0 aromatic heterocycles. The highest BCUT2D eigenvalue weighted by atomic mass is 79.9. The first-order valence-electron chi connectivity index (χ1n) is 5.36. The number of anilines is 1. The van der Waals surface area contributed by atoms with Gasteiger partial charge in [-0.05, 0) is 27.6 Å². The van der Waals surface area contributed by atoms with Crippen LogP contribution in [-0.2, 0) is 16.7 Å². The number of hydrogen-bond donors (Lipinski definition) is 3. The van der Waals surface area contributed by atoms with Gasteiger partial charge >= 0.3 is 10.3 Å². The van der Waals surface area contributed by atoms with E-state index in [1.165, 1.54) is 6.07 Å². The van der Waals surface area contributed by atoms with Crippen molar-refractivity contribution in [3.8, 4) is 0 Å². The molecule has 0 amide bonds. The molecule has 112 valence electrons. The Morgan fingerprint density at radius 2 is 2.20 bits per heavy atom. The fourth-order valence-corrected chi connectivity index (χ4v) is 2.91. The summed E-state index contributed by atoms with van der Waals surface area (Å²) in [6.07, 6.45) is 0.576. The maximum absolute atomic E-state index is 10.8. The van der Waals surface area contributed by atoms with Gasteiger partial charge in [0.2, 0.25) is 0 Å². The normalized spacial score (nSPS) is 14.2. The molecule has 0 bridgehead atoms. The van der Waals surface area contributed by atoms with Crippen molar-refractivity contribution in [2.75, 3.05) is 17.8 Å². The Kier molecular flexibility index (Phi) is 5.81. The van der Waals surface area contributed by atoms with E-state index in [-0.39, 0.29) is 18.1 Å². The van der Waals surface area contributed by atoms with Crippen molar-refractivity contribution in [3.05, 3.63) is 27.2 Å². The SMILES string of the molecule is C.O=S(=O)(O)Nc1ccc(CC2=NCCN2)c(Br)c1Cl. The summed E-state index contributed by atoms with van der Waals surface area (Å²) in [5.41, 5.74) is 0.986. The molecule has 1 heterocycles. The van der Waals surface area contributed by atoms with Crippen LogP contribution in [0.25, 0.3) is 0 Å². The number of amidine groups is 1. The van der Waals surface area contributed by atoms with E-state index >= 15 is 0 Å². The largest absolute Gasteiger partial charge is 0.372 e. The number of rotatable bonds is 4. The number of benzene rings is 1. The first kappa shape index (κ1) is 17.2. The molecule has 1 aromatic rings. The lowest BCUT2D eigenvalue weighted by molar-refractivity contribution is 0.489. The smallest absolute Gasteiger partial charge is 0.357 e. The van der Waals surface area contributed by atoms with Gasteiger partial charge < -0.3 is 5.32 Å². The molecule has 0 fully saturated rings. The Morgan fingerprint density at radius 1 is 1.50 bits per heavy atom. The van der Waals surface area contributed by atoms with Gasteiger partial charge in [-0.15, -0.1) is 0 Å². The van der Waals surface area contributed by atoms with Crippen LogP contribution in [-0.4, -0.2) is 31.9 Å². The lowest BCUT2D eigenvalue weighted by Gasteiger charge is -2.11. The average Bonchev–Trinajstić information content (AvgIpc) is 2.80. The molecule has 0 saturated carbocycles. The van der Waals surface area contributed by atoms with E-state index in [2.05, 4.69) is 26.2 Å². The summed E-state index contributed by atoms with van der Waals surface area (Å²) in [6, 6.07) is 3.21. The summed E-state index contributed by atoms with van der Waals surface area (Å²) in [5.74, 6) is 0.868. The number of nitrogens with one attached hydrogen (secondary N) is 2. The molecule has 1 aliphatic heterocycles. The predicted molar refractivity (Wildman–Crippen MR) is 85.1 cm³/mol. The van der Waals surface area contributed by atoms with E-state index in [4.69, 9.17) is 16.2 Å². The molecule has 0 saturated heterocycles. The Morgan fingerprint density at radius 3 is 2.75 bits per heavy atom. The minimum absolute atomic E-state index is 0. The number of halogens is 2. The van der Waals surface area contributed by atoms with Crippen LogP contribution in [0.4, 0.5) is 5.69 Å². The average molecular weight is 385 g/mol. The standard InChI is InChI=1S/C10H11BrClN3O3S.CH4/c11-9-6(5-8-13-3-4-14-8)1-2-7(10(9)12)15-19(16,17)18;/h1-2,15H,3-5H2,(H,13,14)(H,16,17,18);1H4. The lowest BCUT2D eigenvalue weighted by Crippen LogP contribution is -2.20. The molecule has 9 heteroatoms. The van der Waals surface area contributed by atoms with Gasteiger partial charge in [-0.25, -0.2) is 0 Å². The van der Waals surface area contributed by atoms with Crippen molar-refractivity contribution in [1.29, 1.82) is 0 Å². The Hall–Kier alpha value is -0.830. The summed E-state index contributed by atoms with van der Waals surface area (Å²) < 4.78 is 32.8. The monoisotopic (exact) mass is 383 g/mol. The first-order valence-corrected chi connectivity index (χ1v) is 7.97. The van der Waals surface area contributed by atoms with Gasteiger partial charge in [0.15, 0.2) is 0 Å². The minimum atomic E-state index is -4.34. The Labute approximate surface area is 131 Å². The molecule has 2 rings (SSSR count). The van der Waals surface area contributed by atoms with Crippen LogP contribution < -0.4 is 10.0 Å². The van der Waals surface area contributed by atoms with Crippen molar-refractivity contribution in [2.45, 2.75) is 13.8 Å². The number of nitrogens with zero attached hydrogens (tertiary/aromatic N) is 1. The fraction of sp³-hybridized carbons (Fsp3) is 0.364. The molecule has 0 aliphatic carbocycles. The van der Waals surface area contributed by atoms with Crippen molar-refractivity contribution in [2.24, 2.45) is 4.99 Å². The quantitative estimate of drug-likeness (QED) is 0.696. The summed E-state index contributed by atoms with van der Waals surface area (Å²) >= 11 is 9.36. The summed E-state index contributed by atoms with van der Waals surface area (Å²) in [4.78, 5) is 4.27. The molecule has 0 spiro atoms. The summed E-state index contributed by atoms with van der Waals surface area (Å²) in [5, 5.41) is 3.33. The molecular weight excluding hydrogens is 370 g/mol. The van der Waals surface area contributed by atoms with Gasteiger partial charge in [-0.3, -0.25) is 14.3 Å². The van der Waals surface area contributed by atoms with E-state index in [1.807, 2.05) is 4.72 Å². The molecule has 0 unspecified atom stereocenters. The topological polar surface area (TPSA) is 90.8 Å². The molecule has 3 N–H and O–H groups in total. The van der Waals surface area contributed by atoms with E-state index in [0.717, 1.165) is 24.5 Å². The van der Waals surface area contributed by atoms with Crippen LogP contribution in [0.3, 0.4) is 0 Å². The maximum atomic E-state index is 10.8. The van der Waals surface area contributed by atoms with Gasteiger partial charge in [0.05, 0.1) is 17.3 Å². The summed E-state index contributed by atoms with van der Waals surface area (Å²) in [7, 11) is -4.34. The van der Waals surface area contributed by atoms with Crippen LogP contribution in [0.15, 0.2) is 21.6 Å². The molecule has 20 heavy (non-hydrogen) atoms. The highest BCUT2D eigenvalue weighted by molar-refractivity contribution is 9.10. The van der Waals surface area contributed by atoms with Crippen LogP contribution >= 0.6 is 27.5 Å². The zero-order chi connectivity index (χ0) is 14.0. The van der Waals surface area contributed by atoms with E-state index in [9.17, 15) is 8.42 Å². The van der Waals surface area contributed by atoms with Crippen molar-refractivity contribution in [1.82, 2.24) is 5.32 Å². The van der Waals surface area contributed by atoms with Crippen molar-refractivity contribution in [3.63, 3.8) is 0 Å². The predicted octanol–water partition coefficient (Wildman–Crippen LogP) is 2.50. The first-order chi connectivity index (χ1) is 8.87. The van der Waals surface area contributed by atoms with Crippen LogP contribution in [0.1, 0.15) is 13.0 Å². The van der Waals surface area contributed by atoms with Gasteiger partial charge in [-0.2, -0.15) is 8.42 Å². The fourth-order valence-electron chi connectivity index (χ4n) is 1.69. The second kappa shape index (κ2) is 6.75. The molecule has 6 nitrogen and oxygen atoms in total. The molecular formula is C11H15BrClN3O3S. The van der Waals surface area contributed by atoms with Gasteiger partial charge in [0.25, 0.3) is 0 Å². The van der Waals surface area contributed by atoms with Crippen LogP contribution in [0.2, 0.25) is 5.02 Å². The van der Waals surface area contributed by atoms with Crippen LogP contribution in [0, 0.1) is 0 Å². The maximum Gasteiger partial charge on any atom is 0.357 e. The number of hydrogen-bond acceptors (Lipinski definition) is 4. The van der Waals surface area contributed by atoms with Crippen molar-refractivity contribution < 1.29 is 13.0 Å². The van der Waals surface area contributed by atoms with Gasteiger partial charge in [0.1, 0.15) is 5.84 Å². The molecule has 0 atom stereocenters. The molecule has 0 radical (unpaired) electrons. The third-order valence-corrected chi connectivity index (χ3v) is 4.51. The summed E-state index contributed by atoms with van der Waals surface area (Å²) in [6.45, 7) is 1.58. The molecule has 1 aliphatic rings. The minimum Gasteiger partial charge on any atom is -0.372 e. The van der Waals surface area contributed by atoms with Crippen LogP contribution in [0.5, 0.6) is 0 Å². The number of aliphatic imine (C=N–C) groups is 1. The third-order valence-electron chi connectivity index (χ3n) is 2.50.